The molecule has 1 heterocycles. The molecule has 1 aliphatic rings. The Hall–Kier alpha value is -1.23. The Morgan fingerprint density at radius 3 is 3.05 bits per heavy atom. The highest BCUT2D eigenvalue weighted by molar-refractivity contribution is 9.10. The monoisotopic (exact) mass is 340 g/mol. The van der Waals surface area contributed by atoms with Crippen LogP contribution in [0, 0.1) is 0 Å². The van der Waals surface area contributed by atoms with Crippen LogP contribution in [-0.2, 0) is 4.79 Å². The zero-order chi connectivity index (χ0) is 14.7. The molecule has 1 aromatic carbocycles. The van der Waals surface area contributed by atoms with E-state index in [1.807, 2.05) is 32.0 Å². The minimum atomic E-state index is 0.0550. The van der Waals surface area contributed by atoms with Gasteiger partial charge in [-0.15, -0.1) is 0 Å². The third-order valence-corrected chi connectivity index (χ3v) is 3.91. The normalized spacial score (nSPS) is 19.0. The Labute approximate surface area is 128 Å². The highest BCUT2D eigenvalue weighted by atomic mass is 79.9. The van der Waals surface area contributed by atoms with Crippen LogP contribution in [0.5, 0.6) is 5.75 Å². The molecule has 0 aromatic heterocycles. The Morgan fingerprint density at radius 1 is 1.60 bits per heavy atom. The molecule has 0 saturated heterocycles. The van der Waals surface area contributed by atoms with Gasteiger partial charge in [-0.1, -0.05) is 22.9 Å². The summed E-state index contributed by atoms with van der Waals surface area (Å²) in [6.45, 7) is 7.18. The van der Waals surface area contributed by atoms with Gasteiger partial charge in [-0.25, -0.2) is 0 Å². The molecule has 0 radical (unpaired) electrons. The van der Waals surface area contributed by atoms with Gasteiger partial charge in [0.1, 0.15) is 11.9 Å². The first-order chi connectivity index (χ1) is 9.49. The first-order valence-electron chi connectivity index (χ1n) is 7.00. The molecule has 1 aliphatic heterocycles. The van der Waals surface area contributed by atoms with Crippen LogP contribution in [0.4, 0.5) is 5.69 Å². The predicted octanol–water partition coefficient (Wildman–Crippen LogP) is 2.95. The topological polar surface area (TPSA) is 41.6 Å². The summed E-state index contributed by atoms with van der Waals surface area (Å²) in [5, 5.41) is 3.00. The van der Waals surface area contributed by atoms with Crippen molar-refractivity contribution < 1.29 is 9.53 Å². The third kappa shape index (κ3) is 3.66. The molecule has 0 bridgehead atoms. The van der Waals surface area contributed by atoms with E-state index in [9.17, 15) is 4.79 Å². The minimum absolute atomic E-state index is 0.0550. The van der Waals surface area contributed by atoms with Gasteiger partial charge < -0.3 is 15.0 Å². The number of ether oxygens (including phenoxy) is 1. The number of nitrogens with zero attached hydrogens (tertiary/aromatic N) is 1. The summed E-state index contributed by atoms with van der Waals surface area (Å²) in [7, 11) is 0. The van der Waals surface area contributed by atoms with Crippen LogP contribution >= 0.6 is 15.9 Å². The highest BCUT2D eigenvalue weighted by Gasteiger charge is 2.24. The van der Waals surface area contributed by atoms with Gasteiger partial charge in [0.05, 0.1) is 18.8 Å². The number of hydrogen-bond donors (Lipinski definition) is 1. The average molecular weight is 341 g/mol. The van der Waals surface area contributed by atoms with E-state index in [2.05, 4.69) is 33.1 Å². The van der Waals surface area contributed by atoms with Crippen LogP contribution in [0.3, 0.4) is 0 Å². The van der Waals surface area contributed by atoms with Crippen molar-refractivity contribution >= 4 is 27.5 Å². The lowest BCUT2D eigenvalue weighted by molar-refractivity contribution is -0.120. The zero-order valence-corrected chi connectivity index (χ0v) is 13.7. The van der Waals surface area contributed by atoms with Crippen molar-refractivity contribution in [3.8, 4) is 5.75 Å². The maximum atomic E-state index is 12.1. The maximum absolute atomic E-state index is 12.1. The number of anilines is 1. The fourth-order valence-electron chi connectivity index (χ4n) is 2.25. The summed E-state index contributed by atoms with van der Waals surface area (Å²) in [5.74, 6) is 0.891. The van der Waals surface area contributed by atoms with E-state index >= 15 is 0 Å². The van der Waals surface area contributed by atoms with Crippen molar-refractivity contribution in [2.24, 2.45) is 0 Å². The summed E-state index contributed by atoms with van der Waals surface area (Å²) in [4.78, 5) is 14.2. The molecular weight excluding hydrogens is 320 g/mol. The van der Waals surface area contributed by atoms with Gasteiger partial charge in [-0.05, 0) is 38.5 Å². The van der Waals surface area contributed by atoms with Crippen LogP contribution < -0.4 is 15.0 Å². The number of carbonyl (C=O) groups excluding carboxylic acids is 1. The number of nitrogens with one attached hydrogen (secondary N) is 1. The van der Waals surface area contributed by atoms with Crippen LogP contribution in [0.1, 0.15) is 27.2 Å². The smallest absolute Gasteiger partial charge is 0.239 e. The molecule has 4 nitrogen and oxygen atoms in total. The maximum Gasteiger partial charge on any atom is 0.239 e. The second-order valence-electron chi connectivity index (χ2n) is 5.30. The number of rotatable bonds is 4. The van der Waals surface area contributed by atoms with E-state index in [0.29, 0.717) is 6.54 Å². The number of benzene rings is 1. The Balaban J connectivity index is 2.12. The van der Waals surface area contributed by atoms with E-state index in [1.165, 1.54) is 0 Å². The van der Waals surface area contributed by atoms with Crippen molar-refractivity contribution in [2.75, 3.05) is 18.0 Å². The number of fused-ring (bicyclic) bond motifs is 1. The van der Waals surface area contributed by atoms with E-state index < -0.39 is 0 Å². The molecule has 110 valence electrons. The third-order valence-electron chi connectivity index (χ3n) is 3.42. The summed E-state index contributed by atoms with van der Waals surface area (Å²) >= 11 is 3.47. The molecule has 2 atom stereocenters. The fraction of sp³-hybridized carbons (Fsp3) is 0.533. The SMILES string of the molecule is CC[C@H](C)NC(=O)CN1C[C@H](C)Oc2ccc(Br)cc21. The zero-order valence-electron chi connectivity index (χ0n) is 12.1. The molecule has 0 unspecified atom stereocenters. The van der Waals surface area contributed by atoms with E-state index in [0.717, 1.165) is 28.9 Å². The van der Waals surface area contributed by atoms with Crippen molar-refractivity contribution in [1.29, 1.82) is 0 Å². The molecule has 5 heteroatoms. The van der Waals surface area contributed by atoms with E-state index in [4.69, 9.17) is 4.74 Å². The lowest BCUT2D eigenvalue weighted by atomic mass is 10.2. The molecule has 0 aliphatic carbocycles. The summed E-state index contributed by atoms with van der Waals surface area (Å²) in [6.07, 6.45) is 1.02. The van der Waals surface area contributed by atoms with Gasteiger partial charge in [0.2, 0.25) is 5.91 Å². The molecule has 0 spiro atoms. The quantitative estimate of drug-likeness (QED) is 0.916. The van der Waals surface area contributed by atoms with Gasteiger partial charge in [-0.2, -0.15) is 0 Å². The van der Waals surface area contributed by atoms with Gasteiger partial charge in [0, 0.05) is 10.5 Å². The van der Waals surface area contributed by atoms with Crippen LogP contribution in [0.15, 0.2) is 22.7 Å². The molecule has 20 heavy (non-hydrogen) atoms. The van der Waals surface area contributed by atoms with Crippen molar-refractivity contribution in [3.63, 3.8) is 0 Å². The summed E-state index contributed by atoms with van der Waals surface area (Å²) in [6, 6.07) is 6.10. The number of carbonyl (C=O) groups is 1. The molecule has 0 fully saturated rings. The molecule has 1 amide bonds. The van der Waals surface area contributed by atoms with Crippen molar-refractivity contribution in [2.45, 2.75) is 39.3 Å². The van der Waals surface area contributed by atoms with Crippen LogP contribution in [-0.4, -0.2) is 31.1 Å². The Bertz CT molecular complexity index is 493. The Morgan fingerprint density at radius 2 is 2.35 bits per heavy atom. The molecule has 2 rings (SSSR count). The number of amides is 1. The molecule has 0 saturated carbocycles. The standard InChI is InChI=1S/C15H21BrN2O2/c1-4-10(2)17-15(19)9-18-8-11(3)20-14-6-5-12(16)7-13(14)18/h5-7,10-11H,4,8-9H2,1-3H3,(H,17,19)/t10-,11-/m0/s1. The second kappa shape index (κ2) is 6.48. The van der Waals surface area contributed by atoms with Crippen molar-refractivity contribution in [1.82, 2.24) is 5.32 Å². The van der Waals surface area contributed by atoms with Gasteiger partial charge in [0.25, 0.3) is 0 Å². The largest absolute Gasteiger partial charge is 0.487 e. The number of hydrogen-bond acceptors (Lipinski definition) is 3. The minimum Gasteiger partial charge on any atom is -0.487 e. The molecule has 1 N–H and O–H groups in total. The highest BCUT2D eigenvalue weighted by Crippen LogP contribution is 2.35. The van der Waals surface area contributed by atoms with E-state index in [1.54, 1.807) is 0 Å². The van der Waals surface area contributed by atoms with Gasteiger partial charge >= 0.3 is 0 Å². The fourth-order valence-corrected chi connectivity index (χ4v) is 2.59. The predicted molar refractivity (Wildman–Crippen MR) is 84.3 cm³/mol. The molecule has 1 aromatic rings. The van der Waals surface area contributed by atoms with Crippen LogP contribution in [0.25, 0.3) is 0 Å². The van der Waals surface area contributed by atoms with Gasteiger partial charge in [-0.3, -0.25) is 4.79 Å². The average Bonchev–Trinajstić information content (AvgIpc) is 2.39. The summed E-state index contributed by atoms with van der Waals surface area (Å²) in [5.41, 5.74) is 0.969. The molecular formula is C15H21BrN2O2. The first kappa shape index (κ1) is 15.2. The second-order valence-corrected chi connectivity index (χ2v) is 6.21. The Kier molecular flexibility index (Phi) is 4.91. The first-order valence-corrected chi connectivity index (χ1v) is 7.79. The van der Waals surface area contributed by atoms with Crippen LogP contribution in [0.2, 0.25) is 0 Å². The lowest BCUT2D eigenvalue weighted by Gasteiger charge is -2.34. The lowest BCUT2D eigenvalue weighted by Crippen LogP contribution is -2.46. The van der Waals surface area contributed by atoms with Gasteiger partial charge in [0.15, 0.2) is 0 Å². The van der Waals surface area contributed by atoms with E-state index in [-0.39, 0.29) is 18.1 Å². The van der Waals surface area contributed by atoms with Crippen molar-refractivity contribution in [3.05, 3.63) is 22.7 Å². The summed E-state index contributed by atoms with van der Waals surface area (Å²) < 4.78 is 6.79. The number of halogens is 1.